The van der Waals surface area contributed by atoms with Crippen LogP contribution >= 0.6 is 12.2 Å². The van der Waals surface area contributed by atoms with Crippen molar-refractivity contribution >= 4 is 46.2 Å². The molecule has 1 aromatic carbocycles. The predicted molar refractivity (Wildman–Crippen MR) is 87.7 cm³/mol. The smallest absolute Gasteiger partial charge is 0.301 e. The standard InChI is InChI=1S/C13H14N6O2S/c1-7-11(12(21)19(18-7)13(14)22)17-16-10-5-3-9(4-6-10)15-8(2)20/h3-6,16,18H,1H2,2H3,(H2,14,22)(H,15,20)/b17-11+. The Bertz CT molecular complexity index is 682. The van der Waals surface area contributed by atoms with Crippen LogP contribution in [0.25, 0.3) is 0 Å². The van der Waals surface area contributed by atoms with Gasteiger partial charge in [0.15, 0.2) is 10.8 Å². The molecule has 1 aromatic rings. The summed E-state index contributed by atoms with van der Waals surface area (Å²) in [5.41, 5.74) is 12.4. The molecule has 0 spiro atoms. The SMILES string of the molecule is C=C1NN(C(N)=S)C(=O)/C1=N/Nc1ccc(NC(C)=O)cc1. The van der Waals surface area contributed by atoms with Crippen LogP contribution in [0, 0.1) is 0 Å². The molecule has 0 aromatic heterocycles. The Hall–Kier alpha value is -2.94. The molecule has 114 valence electrons. The predicted octanol–water partition coefficient (Wildman–Crippen LogP) is 0.517. The van der Waals surface area contributed by atoms with Crippen LogP contribution in [0.1, 0.15) is 6.92 Å². The average molecular weight is 318 g/mol. The highest BCUT2D eigenvalue weighted by atomic mass is 32.1. The van der Waals surface area contributed by atoms with Crippen LogP contribution in [0.2, 0.25) is 0 Å². The van der Waals surface area contributed by atoms with Gasteiger partial charge in [-0.05, 0) is 36.5 Å². The number of nitrogens with two attached hydrogens (primary N) is 1. The highest BCUT2D eigenvalue weighted by Gasteiger charge is 2.32. The van der Waals surface area contributed by atoms with Gasteiger partial charge in [0.05, 0.1) is 11.4 Å². The van der Waals surface area contributed by atoms with E-state index in [1.54, 1.807) is 24.3 Å². The molecule has 0 bridgehead atoms. The summed E-state index contributed by atoms with van der Waals surface area (Å²) in [7, 11) is 0. The zero-order chi connectivity index (χ0) is 16.3. The summed E-state index contributed by atoms with van der Waals surface area (Å²) in [5.74, 6) is -0.641. The molecule has 2 amide bonds. The second-order valence-corrected chi connectivity index (χ2v) is 4.82. The molecule has 1 heterocycles. The van der Waals surface area contributed by atoms with Crippen molar-refractivity contribution in [1.82, 2.24) is 10.4 Å². The third-order valence-corrected chi connectivity index (χ3v) is 2.84. The van der Waals surface area contributed by atoms with Gasteiger partial charge >= 0.3 is 5.91 Å². The van der Waals surface area contributed by atoms with Gasteiger partial charge in [-0.2, -0.15) is 10.1 Å². The van der Waals surface area contributed by atoms with Crippen molar-refractivity contribution in [3.05, 3.63) is 36.5 Å². The highest BCUT2D eigenvalue weighted by molar-refractivity contribution is 7.80. The summed E-state index contributed by atoms with van der Waals surface area (Å²) >= 11 is 4.73. The molecular formula is C13H14N6O2S. The average Bonchev–Trinajstić information content (AvgIpc) is 2.73. The molecule has 0 atom stereocenters. The van der Waals surface area contributed by atoms with E-state index in [2.05, 4.69) is 27.8 Å². The number of amides is 2. The molecular weight excluding hydrogens is 304 g/mol. The van der Waals surface area contributed by atoms with Crippen molar-refractivity contribution in [3.63, 3.8) is 0 Å². The molecule has 22 heavy (non-hydrogen) atoms. The zero-order valence-electron chi connectivity index (χ0n) is 11.7. The number of anilines is 2. The molecule has 0 unspecified atom stereocenters. The van der Waals surface area contributed by atoms with E-state index in [9.17, 15) is 9.59 Å². The zero-order valence-corrected chi connectivity index (χ0v) is 12.5. The Morgan fingerprint density at radius 2 is 1.95 bits per heavy atom. The first-order chi connectivity index (χ1) is 10.4. The van der Waals surface area contributed by atoms with Crippen LogP contribution in [-0.2, 0) is 9.59 Å². The normalized spacial score (nSPS) is 15.7. The van der Waals surface area contributed by atoms with Crippen molar-refractivity contribution in [2.75, 3.05) is 10.7 Å². The summed E-state index contributed by atoms with van der Waals surface area (Å²) < 4.78 is 0. The molecule has 0 radical (unpaired) electrons. The van der Waals surface area contributed by atoms with E-state index < -0.39 is 5.91 Å². The number of carbonyl (C=O) groups is 2. The molecule has 1 aliphatic heterocycles. The van der Waals surface area contributed by atoms with Crippen LogP contribution in [0.5, 0.6) is 0 Å². The van der Waals surface area contributed by atoms with Crippen LogP contribution in [0.4, 0.5) is 11.4 Å². The topological polar surface area (TPSA) is 112 Å². The van der Waals surface area contributed by atoms with Crippen LogP contribution < -0.4 is 21.9 Å². The summed E-state index contributed by atoms with van der Waals surface area (Å²) in [5, 5.41) is 7.50. The molecule has 0 saturated carbocycles. The highest BCUT2D eigenvalue weighted by Crippen LogP contribution is 2.14. The van der Waals surface area contributed by atoms with Gasteiger partial charge in [-0.15, -0.1) is 0 Å². The van der Waals surface area contributed by atoms with E-state index in [0.717, 1.165) is 5.01 Å². The van der Waals surface area contributed by atoms with Crippen LogP contribution in [0.15, 0.2) is 41.6 Å². The molecule has 1 saturated heterocycles. The van der Waals surface area contributed by atoms with Crippen molar-refractivity contribution in [2.45, 2.75) is 6.92 Å². The molecule has 5 N–H and O–H groups in total. The number of hydrogen-bond donors (Lipinski definition) is 4. The van der Waals surface area contributed by atoms with Gasteiger partial charge < -0.3 is 11.1 Å². The lowest BCUT2D eigenvalue weighted by Crippen LogP contribution is -2.43. The Morgan fingerprint density at radius 3 is 2.45 bits per heavy atom. The first-order valence-corrected chi connectivity index (χ1v) is 6.60. The van der Waals surface area contributed by atoms with Crippen LogP contribution in [0.3, 0.4) is 0 Å². The first-order valence-electron chi connectivity index (χ1n) is 6.19. The number of thiocarbonyl (C=S) groups is 1. The van der Waals surface area contributed by atoms with E-state index >= 15 is 0 Å². The number of carbonyl (C=O) groups excluding carboxylic acids is 2. The number of benzene rings is 1. The Kier molecular flexibility index (Phi) is 4.37. The molecule has 8 nitrogen and oxygen atoms in total. The van der Waals surface area contributed by atoms with Gasteiger partial charge in [0, 0.05) is 12.6 Å². The van der Waals surface area contributed by atoms with E-state index in [0.29, 0.717) is 17.1 Å². The van der Waals surface area contributed by atoms with Gasteiger partial charge in [-0.3, -0.25) is 20.4 Å². The third kappa shape index (κ3) is 3.38. The van der Waals surface area contributed by atoms with E-state index in [1.807, 2.05) is 0 Å². The number of hydrogen-bond acceptors (Lipinski definition) is 6. The summed E-state index contributed by atoms with van der Waals surface area (Å²) in [6, 6.07) is 6.82. The lowest BCUT2D eigenvalue weighted by atomic mass is 10.3. The number of rotatable bonds is 3. The van der Waals surface area contributed by atoms with Crippen molar-refractivity contribution in [2.24, 2.45) is 10.8 Å². The van der Waals surface area contributed by atoms with Gasteiger partial charge in [0.2, 0.25) is 5.91 Å². The minimum Gasteiger partial charge on any atom is -0.374 e. The van der Waals surface area contributed by atoms with E-state index in [1.165, 1.54) is 6.92 Å². The molecule has 1 aliphatic rings. The maximum absolute atomic E-state index is 12.0. The monoisotopic (exact) mass is 318 g/mol. The molecule has 9 heteroatoms. The molecule has 2 rings (SSSR count). The van der Waals surface area contributed by atoms with Crippen LogP contribution in [-0.4, -0.2) is 27.6 Å². The van der Waals surface area contributed by atoms with E-state index in [-0.39, 0.29) is 16.7 Å². The minimum atomic E-state index is -0.486. The van der Waals surface area contributed by atoms with Crippen molar-refractivity contribution in [3.8, 4) is 0 Å². The lowest BCUT2D eigenvalue weighted by Gasteiger charge is -2.11. The fraction of sp³-hybridized carbons (Fsp3) is 0.0769. The molecule has 1 fully saturated rings. The quantitative estimate of drug-likeness (QED) is 0.477. The fourth-order valence-electron chi connectivity index (χ4n) is 1.70. The third-order valence-electron chi connectivity index (χ3n) is 2.66. The van der Waals surface area contributed by atoms with Crippen molar-refractivity contribution in [1.29, 1.82) is 0 Å². The van der Waals surface area contributed by atoms with Gasteiger partial charge in [-0.25, -0.2) is 0 Å². The minimum absolute atomic E-state index is 0.0822. The second-order valence-electron chi connectivity index (χ2n) is 4.40. The Morgan fingerprint density at radius 1 is 1.36 bits per heavy atom. The summed E-state index contributed by atoms with van der Waals surface area (Å²) in [6.45, 7) is 5.10. The number of hydrazine groups is 1. The number of nitrogens with one attached hydrogen (secondary N) is 3. The van der Waals surface area contributed by atoms with Gasteiger partial charge in [-0.1, -0.05) is 6.58 Å². The second kappa shape index (κ2) is 6.22. The fourth-order valence-corrected chi connectivity index (χ4v) is 1.82. The van der Waals surface area contributed by atoms with Crippen molar-refractivity contribution < 1.29 is 9.59 Å². The van der Waals surface area contributed by atoms with Gasteiger partial charge in [0.1, 0.15) is 0 Å². The number of hydrazone groups is 1. The maximum Gasteiger partial charge on any atom is 0.301 e. The Balaban J connectivity index is 2.08. The number of nitrogens with zero attached hydrogens (tertiary/aromatic N) is 2. The summed E-state index contributed by atoms with van der Waals surface area (Å²) in [4.78, 5) is 22.9. The van der Waals surface area contributed by atoms with Gasteiger partial charge in [0.25, 0.3) is 0 Å². The maximum atomic E-state index is 12.0. The van der Waals surface area contributed by atoms with E-state index in [4.69, 9.17) is 18.0 Å². The lowest BCUT2D eigenvalue weighted by molar-refractivity contribution is -0.120. The largest absolute Gasteiger partial charge is 0.374 e. The summed E-state index contributed by atoms with van der Waals surface area (Å²) in [6.07, 6.45) is 0. The Labute approximate surface area is 132 Å². The molecule has 0 aliphatic carbocycles. The first kappa shape index (κ1) is 15.4.